The molecular weight excluding hydrogens is 462 g/mol. The lowest BCUT2D eigenvalue weighted by atomic mass is 10.2. The standard InChI is InChI=1S/C17H12BrCl2FN4S/c18-11-9-25(8-10-12(19)5-3-6-14(10)21)24-16(11)23-17(26)22-15-7-2-1-4-13(15)20/h1-7,9H,8H2,(H2,22,23,24,26). The molecule has 1 heterocycles. The van der Waals surface area contributed by atoms with E-state index in [-0.39, 0.29) is 12.4 Å². The SMILES string of the molecule is Fc1cccc(Cl)c1Cn1cc(Br)c(NC(=S)Nc2ccccc2Cl)n1. The second-order valence-corrected chi connectivity index (χ2v) is 7.36. The minimum atomic E-state index is -0.380. The van der Waals surface area contributed by atoms with Crippen molar-refractivity contribution >= 4 is 68.0 Å². The summed E-state index contributed by atoms with van der Waals surface area (Å²) in [5.74, 6) is 0.108. The summed E-state index contributed by atoms with van der Waals surface area (Å²) in [6.07, 6.45) is 1.71. The minimum Gasteiger partial charge on any atom is -0.331 e. The van der Waals surface area contributed by atoms with Crippen LogP contribution in [0.1, 0.15) is 5.56 Å². The molecule has 2 aromatic carbocycles. The number of para-hydroxylation sites is 1. The molecule has 0 atom stereocenters. The minimum absolute atomic E-state index is 0.191. The molecule has 3 aromatic rings. The summed E-state index contributed by atoms with van der Waals surface area (Å²) in [5, 5.41) is 11.6. The lowest BCUT2D eigenvalue weighted by Gasteiger charge is -2.10. The molecule has 0 saturated carbocycles. The number of nitrogens with one attached hydrogen (secondary N) is 2. The van der Waals surface area contributed by atoms with E-state index in [0.717, 1.165) is 0 Å². The van der Waals surface area contributed by atoms with Crippen LogP contribution in [-0.4, -0.2) is 14.9 Å². The molecule has 2 N–H and O–H groups in total. The van der Waals surface area contributed by atoms with E-state index < -0.39 is 0 Å². The van der Waals surface area contributed by atoms with Gasteiger partial charge in [-0.05, 0) is 52.4 Å². The van der Waals surface area contributed by atoms with Gasteiger partial charge in [0.15, 0.2) is 10.9 Å². The summed E-state index contributed by atoms with van der Waals surface area (Å²) in [6, 6.07) is 11.8. The zero-order chi connectivity index (χ0) is 18.7. The van der Waals surface area contributed by atoms with E-state index in [4.69, 9.17) is 35.4 Å². The Morgan fingerprint density at radius 3 is 2.58 bits per heavy atom. The number of halogens is 4. The first-order chi connectivity index (χ1) is 12.4. The van der Waals surface area contributed by atoms with Gasteiger partial charge in [0.05, 0.1) is 21.7 Å². The summed E-state index contributed by atoms with van der Waals surface area (Å²) in [5.41, 5.74) is 1.05. The second-order valence-electron chi connectivity index (χ2n) is 5.28. The van der Waals surface area contributed by atoms with Gasteiger partial charge in [-0.1, -0.05) is 41.4 Å². The average Bonchev–Trinajstić information content (AvgIpc) is 2.93. The van der Waals surface area contributed by atoms with Gasteiger partial charge in [0, 0.05) is 16.8 Å². The van der Waals surface area contributed by atoms with Crippen LogP contribution in [0.2, 0.25) is 10.0 Å². The zero-order valence-corrected chi connectivity index (χ0v) is 17.1. The van der Waals surface area contributed by atoms with Crippen LogP contribution >= 0.6 is 51.3 Å². The molecule has 0 fully saturated rings. The van der Waals surface area contributed by atoms with Gasteiger partial charge in [0.2, 0.25) is 0 Å². The van der Waals surface area contributed by atoms with Gasteiger partial charge in [-0.3, -0.25) is 4.68 Å². The van der Waals surface area contributed by atoms with Crippen LogP contribution in [0.3, 0.4) is 0 Å². The summed E-state index contributed by atoms with van der Waals surface area (Å²) < 4.78 is 16.2. The first kappa shape index (κ1) is 19.1. The van der Waals surface area contributed by atoms with Crippen molar-refractivity contribution in [2.45, 2.75) is 6.54 Å². The normalized spacial score (nSPS) is 10.6. The second kappa shape index (κ2) is 8.35. The largest absolute Gasteiger partial charge is 0.331 e. The third-order valence-electron chi connectivity index (χ3n) is 3.45. The van der Waals surface area contributed by atoms with Crippen molar-refractivity contribution in [2.24, 2.45) is 0 Å². The lowest BCUT2D eigenvalue weighted by Crippen LogP contribution is -2.20. The Balaban J connectivity index is 1.72. The maximum Gasteiger partial charge on any atom is 0.176 e. The van der Waals surface area contributed by atoms with Gasteiger partial charge in [0.1, 0.15) is 5.82 Å². The molecule has 0 aliphatic carbocycles. The van der Waals surface area contributed by atoms with E-state index in [2.05, 4.69) is 31.7 Å². The van der Waals surface area contributed by atoms with Gasteiger partial charge in [0.25, 0.3) is 0 Å². The first-order valence-corrected chi connectivity index (χ1v) is 9.38. The average molecular weight is 474 g/mol. The maximum atomic E-state index is 13.9. The van der Waals surface area contributed by atoms with Gasteiger partial charge in [-0.25, -0.2) is 4.39 Å². The molecule has 4 nitrogen and oxygen atoms in total. The number of hydrogen-bond acceptors (Lipinski definition) is 2. The number of anilines is 2. The maximum absolute atomic E-state index is 13.9. The monoisotopic (exact) mass is 472 g/mol. The highest BCUT2D eigenvalue weighted by Gasteiger charge is 2.12. The Labute approximate surface area is 173 Å². The Morgan fingerprint density at radius 1 is 1.12 bits per heavy atom. The molecular formula is C17H12BrCl2FN4S. The van der Waals surface area contributed by atoms with Gasteiger partial charge in [-0.15, -0.1) is 0 Å². The van der Waals surface area contributed by atoms with Crippen molar-refractivity contribution < 1.29 is 4.39 Å². The van der Waals surface area contributed by atoms with Crippen molar-refractivity contribution in [3.8, 4) is 0 Å². The number of rotatable bonds is 4. The predicted molar refractivity (Wildman–Crippen MR) is 112 cm³/mol. The molecule has 3 rings (SSSR count). The van der Waals surface area contributed by atoms with Crippen LogP contribution in [0.15, 0.2) is 53.1 Å². The fourth-order valence-electron chi connectivity index (χ4n) is 2.23. The molecule has 0 radical (unpaired) electrons. The molecule has 26 heavy (non-hydrogen) atoms. The molecule has 0 amide bonds. The number of benzene rings is 2. The van der Waals surface area contributed by atoms with E-state index in [9.17, 15) is 4.39 Å². The Bertz CT molecular complexity index is 943. The van der Waals surface area contributed by atoms with E-state index in [0.29, 0.717) is 36.7 Å². The van der Waals surface area contributed by atoms with Crippen LogP contribution in [-0.2, 0) is 6.54 Å². The zero-order valence-electron chi connectivity index (χ0n) is 13.1. The lowest BCUT2D eigenvalue weighted by molar-refractivity contribution is 0.586. The van der Waals surface area contributed by atoms with Crippen LogP contribution in [0.4, 0.5) is 15.9 Å². The fraction of sp³-hybridized carbons (Fsp3) is 0.0588. The van der Waals surface area contributed by atoms with Crippen LogP contribution in [0, 0.1) is 5.82 Å². The Morgan fingerprint density at radius 2 is 1.85 bits per heavy atom. The van der Waals surface area contributed by atoms with E-state index in [1.807, 2.05) is 18.2 Å². The van der Waals surface area contributed by atoms with Crippen LogP contribution in [0.25, 0.3) is 0 Å². The van der Waals surface area contributed by atoms with Crippen molar-refractivity contribution in [1.29, 1.82) is 0 Å². The molecule has 9 heteroatoms. The van der Waals surface area contributed by atoms with Crippen LogP contribution in [0.5, 0.6) is 0 Å². The van der Waals surface area contributed by atoms with Gasteiger partial charge < -0.3 is 10.6 Å². The molecule has 0 aliphatic heterocycles. The third-order valence-corrected chi connectivity index (χ3v) is 4.92. The van der Waals surface area contributed by atoms with Crippen LogP contribution < -0.4 is 10.6 Å². The third kappa shape index (κ3) is 4.54. The quantitative estimate of drug-likeness (QED) is 0.459. The van der Waals surface area contributed by atoms with Gasteiger partial charge in [-0.2, -0.15) is 5.10 Å². The molecule has 0 bridgehead atoms. The molecule has 0 aliphatic rings. The number of aromatic nitrogens is 2. The predicted octanol–water partition coefficient (Wildman–Crippen LogP) is 5.95. The van der Waals surface area contributed by atoms with E-state index in [1.165, 1.54) is 6.07 Å². The number of hydrogen-bond donors (Lipinski definition) is 2. The Hall–Kier alpha value is -1.67. The topological polar surface area (TPSA) is 41.9 Å². The highest BCUT2D eigenvalue weighted by Crippen LogP contribution is 2.25. The van der Waals surface area contributed by atoms with Gasteiger partial charge >= 0.3 is 0 Å². The molecule has 0 unspecified atom stereocenters. The fourth-order valence-corrected chi connectivity index (χ4v) is 3.26. The number of thiocarbonyl (C=S) groups is 1. The van der Waals surface area contributed by atoms with Crippen molar-refractivity contribution in [3.05, 3.63) is 74.6 Å². The Kier molecular flexibility index (Phi) is 6.13. The molecule has 0 spiro atoms. The molecule has 134 valence electrons. The summed E-state index contributed by atoms with van der Waals surface area (Å²) in [4.78, 5) is 0. The first-order valence-electron chi connectivity index (χ1n) is 7.42. The van der Waals surface area contributed by atoms with E-state index >= 15 is 0 Å². The summed E-state index contributed by atoms with van der Waals surface area (Å²) >= 11 is 20.9. The van der Waals surface area contributed by atoms with E-state index in [1.54, 1.807) is 29.1 Å². The van der Waals surface area contributed by atoms with Crippen molar-refractivity contribution in [2.75, 3.05) is 10.6 Å². The molecule has 1 aromatic heterocycles. The van der Waals surface area contributed by atoms with Crippen molar-refractivity contribution in [3.63, 3.8) is 0 Å². The number of nitrogens with zero attached hydrogens (tertiary/aromatic N) is 2. The summed E-state index contributed by atoms with van der Waals surface area (Å²) in [7, 11) is 0. The highest BCUT2D eigenvalue weighted by atomic mass is 79.9. The highest BCUT2D eigenvalue weighted by molar-refractivity contribution is 9.10. The molecule has 0 saturated heterocycles. The van der Waals surface area contributed by atoms with Crippen molar-refractivity contribution in [1.82, 2.24) is 9.78 Å². The summed E-state index contributed by atoms with van der Waals surface area (Å²) in [6.45, 7) is 0.191. The smallest absolute Gasteiger partial charge is 0.176 e.